The van der Waals surface area contributed by atoms with Crippen LogP contribution in [0.5, 0.6) is 0 Å². The molecule has 5 rings (SSSR count). The van der Waals surface area contributed by atoms with Crippen molar-refractivity contribution in [1.29, 1.82) is 0 Å². The van der Waals surface area contributed by atoms with Gasteiger partial charge in [-0.15, -0.1) is 0 Å². The zero-order valence-corrected chi connectivity index (χ0v) is 22.1. The van der Waals surface area contributed by atoms with Crippen LogP contribution in [0.25, 0.3) is 10.9 Å². The molecule has 2 atom stereocenters. The lowest BCUT2D eigenvalue weighted by atomic mass is 9.94. The molecule has 2 aliphatic heterocycles. The molecule has 0 bridgehead atoms. The van der Waals surface area contributed by atoms with Gasteiger partial charge in [-0.25, -0.2) is 4.98 Å². The number of carbonyl (C=O) groups is 1. The van der Waals surface area contributed by atoms with Crippen LogP contribution < -0.4 is 10.9 Å². The average Bonchev–Trinajstić information content (AvgIpc) is 2.93. The van der Waals surface area contributed by atoms with E-state index in [-0.39, 0.29) is 24.1 Å². The first-order chi connectivity index (χ1) is 18.4. The molecule has 1 aromatic heterocycles. The number of nitrogens with zero attached hydrogens (tertiary/aromatic N) is 3. The topological polar surface area (TPSA) is 106 Å². The number of hydrogen-bond donors (Lipinski definition) is 2. The molecule has 0 unspecified atom stereocenters. The Bertz CT molecular complexity index is 1350. The maximum atomic E-state index is 13.5. The molecule has 2 fully saturated rings. The van der Waals surface area contributed by atoms with Crippen LogP contribution in [0, 0.1) is 13.8 Å². The number of aliphatic hydroxyl groups excluding tert-OH is 1. The van der Waals surface area contributed by atoms with Crippen LogP contribution in [-0.2, 0) is 15.9 Å². The number of aliphatic hydroxyl groups is 1. The molecular formula is C29H36N4O5. The van der Waals surface area contributed by atoms with Gasteiger partial charge in [-0.3, -0.25) is 19.1 Å². The Morgan fingerprint density at radius 1 is 1.11 bits per heavy atom. The number of fused-ring (bicyclic) bond motifs is 1. The van der Waals surface area contributed by atoms with Crippen molar-refractivity contribution < 1.29 is 19.4 Å². The fourth-order valence-corrected chi connectivity index (χ4v) is 5.32. The molecule has 3 heterocycles. The van der Waals surface area contributed by atoms with E-state index in [9.17, 15) is 14.7 Å². The van der Waals surface area contributed by atoms with Gasteiger partial charge in [0.15, 0.2) is 0 Å². The third kappa shape index (κ3) is 5.66. The second-order valence-corrected chi connectivity index (χ2v) is 10.2. The van der Waals surface area contributed by atoms with E-state index < -0.39 is 6.10 Å². The SMILES string of the molecule is Cc1c(Cc2ccc(C(=O)NCCN3CCOCC3)cc2)cc2c(=O)n([C@H]3CCOC[C@@H]3O)cnc2c1C. The summed E-state index contributed by atoms with van der Waals surface area (Å²) in [5.74, 6) is -0.0792. The first-order valence-electron chi connectivity index (χ1n) is 13.4. The smallest absolute Gasteiger partial charge is 0.261 e. The summed E-state index contributed by atoms with van der Waals surface area (Å²) in [5, 5.41) is 13.9. The third-order valence-corrected chi connectivity index (χ3v) is 7.83. The highest BCUT2D eigenvalue weighted by Gasteiger charge is 2.27. The quantitative estimate of drug-likeness (QED) is 0.491. The van der Waals surface area contributed by atoms with Crippen molar-refractivity contribution >= 4 is 16.8 Å². The van der Waals surface area contributed by atoms with E-state index in [1.165, 1.54) is 0 Å². The van der Waals surface area contributed by atoms with E-state index >= 15 is 0 Å². The van der Waals surface area contributed by atoms with E-state index in [2.05, 4.69) is 22.1 Å². The fourth-order valence-electron chi connectivity index (χ4n) is 5.32. The van der Waals surface area contributed by atoms with Crippen LogP contribution in [0.1, 0.15) is 45.1 Å². The summed E-state index contributed by atoms with van der Waals surface area (Å²) in [4.78, 5) is 33.0. The maximum Gasteiger partial charge on any atom is 0.261 e. The standard InChI is InChI=1S/C29H36N4O5/c1-19-20(2)27-24(29(36)33(18-31-27)25-7-12-38-17-26(25)34)16-23(19)15-21-3-5-22(6-4-21)28(35)30-8-9-32-10-13-37-14-11-32/h3-6,16,18,25-26,34H,7-15,17H2,1-2H3,(H,30,35)/t25-,26-/m0/s1. The summed E-state index contributed by atoms with van der Waals surface area (Å²) >= 11 is 0. The van der Waals surface area contributed by atoms with E-state index in [1.54, 1.807) is 10.9 Å². The molecule has 0 radical (unpaired) electrons. The number of aromatic nitrogens is 2. The van der Waals surface area contributed by atoms with Crippen LogP contribution >= 0.6 is 0 Å². The Morgan fingerprint density at radius 3 is 2.61 bits per heavy atom. The molecule has 3 aromatic rings. The number of amides is 1. The molecule has 1 amide bonds. The monoisotopic (exact) mass is 520 g/mol. The van der Waals surface area contributed by atoms with E-state index in [1.807, 2.05) is 37.3 Å². The number of nitrogens with one attached hydrogen (secondary N) is 1. The minimum atomic E-state index is -0.734. The van der Waals surface area contributed by atoms with Crippen LogP contribution in [0.4, 0.5) is 0 Å². The highest BCUT2D eigenvalue weighted by molar-refractivity contribution is 5.94. The van der Waals surface area contributed by atoms with Crippen molar-refractivity contribution in [3.05, 3.63) is 74.8 Å². The number of aryl methyl sites for hydroxylation is 1. The minimum Gasteiger partial charge on any atom is -0.389 e. The zero-order valence-electron chi connectivity index (χ0n) is 22.1. The van der Waals surface area contributed by atoms with Gasteiger partial charge in [0.25, 0.3) is 11.5 Å². The molecule has 202 valence electrons. The minimum absolute atomic E-state index is 0.0792. The summed E-state index contributed by atoms with van der Waals surface area (Å²) in [5.41, 5.74) is 5.35. The number of hydrogen-bond acceptors (Lipinski definition) is 7. The summed E-state index contributed by atoms with van der Waals surface area (Å²) in [6.45, 7) is 9.49. The summed E-state index contributed by atoms with van der Waals surface area (Å²) in [7, 11) is 0. The Kier molecular flexibility index (Phi) is 8.18. The molecule has 2 N–H and O–H groups in total. The van der Waals surface area contributed by atoms with E-state index in [4.69, 9.17) is 9.47 Å². The third-order valence-electron chi connectivity index (χ3n) is 7.83. The zero-order chi connectivity index (χ0) is 26.6. The fraction of sp³-hybridized carbons (Fsp3) is 0.483. The predicted octanol–water partition coefficient (Wildman–Crippen LogP) is 1.99. The van der Waals surface area contributed by atoms with Gasteiger partial charge in [-0.2, -0.15) is 0 Å². The average molecular weight is 521 g/mol. The summed E-state index contributed by atoms with van der Waals surface area (Å²) < 4.78 is 12.3. The van der Waals surface area contributed by atoms with Gasteiger partial charge < -0.3 is 19.9 Å². The van der Waals surface area contributed by atoms with Crippen molar-refractivity contribution in [2.75, 3.05) is 52.6 Å². The highest BCUT2D eigenvalue weighted by Crippen LogP contribution is 2.26. The van der Waals surface area contributed by atoms with Crippen molar-refractivity contribution in [3.8, 4) is 0 Å². The van der Waals surface area contributed by atoms with Gasteiger partial charge >= 0.3 is 0 Å². The number of morpholine rings is 1. The van der Waals surface area contributed by atoms with Gasteiger partial charge in [-0.1, -0.05) is 12.1 Å². The first-order valence-corrected chi connectivity index (χ1v) is 13.4. The number of benzene rings is 2. The van der Waals surface area contributed by atoms with Crippen molar-refractivity contribution in [3.63, 3.8) is 0 Å². The summed E-state index contributed by atoms with van der Waals surface area (Å²) in [6.07, 6.45) is 2.03. The van der Waals surface area contributed by atoms with E-state index in [0.29, 0.717) is 42.5 Å². The molecule has 2 aliphatic rings. The molecule has 0 aliphatic carbocycles. The number of carbonyl (C=O) groups excluding carboxylic acids is 1. The lowest BCUT2D eigenvalue weighted by molar-refractivity contribution is -0.0395. The van der Waals surface area contributed by atoms with Gasteiger partial charge in [-0.05, 0) is 67.1 Å². The van der Waals surface area contributed by atoms with Crippen LogP contribution in [0.15, 0.2) is 41.5 Å². The lowest BCUT2D eigenvalue weighted by Crippen LogP contribution is -2.41. The van der Waals surface area contributed by atoms with Crippen LogP contribution in [0.2, 0.25) is 0 Å². The Hall–Kier alpha value is -3.11. The molecule has 2 aromatic carbocycles. The molecule has 38 heavy (non-hydrogen) atoms. The molecule has 9 heteroatoms. The maximum absolute atomic E-state index is 13.5. The Balaban J connectivity index is 1.31. The van der Waals surface area contributed by atoms with Gasteiger partial charge in [0, 0.05) is 38.3 Å². The number of ether oxygens (including phenoxy) is 2. The summed E-state index contributed by atoms with van der Waals surface area (Å²) in [6, 6.07) is 9.23. The second kappa shape index (κ2) is 11.7. The Labute approximate surface area is 222 Å². The molecule has 0 saturated carbocycles. The highest BCUT2D eigenvalue weighted by atomic mass is 16.5. The van der Waals surface area contributed by atoms with Gasteiger partial charge in [0.1, 0.15) is 0 Å². The van der Waals surface area contributed by atoms with Gasteiger partial charge in [0.2, 0.25) is 0 Å². The van der Waals surface area contributed by atoms with Crippen molar-refractivity contribution in [2.24, 2.45) is 0 Å². The van der Waals surface area contributed by atoms with Crippen molar-refractivity contribution in [1.82, 2.24) is 19.8 Å². The van der Waals surface area contributed by atoms with Crippen LogP contribution in [0.3, 0.4) is 0 Å². The predicted molar refractivity (Wildman–Crippen MR) is 145 cm³/mol. The molecule has 9 nitrogen and oxygen atoms in total. The molecular weight excluding hydrogens is 484 g/mol. The van der Waals surface area contributed by atoms with E-state index in [0.717, 1.165) is 55.1 Å². The van der Waals surface area contributed by atoms with Gasteiger partial charge in [0.05, 0.1) is 49.2 Å². The second-order valence-electron chi connectivity index (χ2n) is 10.2. The molecule has 0 spiro atoms. The number of rotatable bonds is 7. The Morgan fingerprint density at radius 2 is 1.87 bits per heavy atom. The van der Waals surface area contributed by atoms with Crippen LogP contribution in [-0.4, -0.2) is 84.2 Å². The first kappa shape index (κ1) is 26.5. The lowest BCUT2D eigenvalue weighted by Gasteiger charge is -2.29. The largest absolute Gasteiger partial charge is 0.389 e. The van der Waals surface area contributed by atoms with Crippen molar-refractivity contribution in [2.45, 2.75) is 38.8 Å². The molecule has 2 saturated heterocycles. The normalized spacial score (nSPS) is 20.5.